The van der Waals surface area contributed by atoms with Crippen molar-refractivity contribution in [1.82, 2.24) is 0 Å². The highest BCUT2D eigenvalue weighted by Crippen LogP contribution is 2.42. The van der Waals surface area contributed by atoms with Gasteiger partial charge in [-0.1, -0.05) is 32.9 Å². The lowest BCUT2D eigenvalue weighted by atomic mass is 10.00. The standard InChI is InChI=1S/C15H21NO2S/c1-10(2)12-5-4-6-13-15(12)16(8-7-14(17)18)9-11(3)19-13/h4-6,10-11H,7-9H2,1-3H3,(H,17,18). The zero-order valence-corrected chi connectivity index (χ0v) is 12.5. The van der Waals surface area contributed by atoms with Crippen molar-refractivity contribution in [3.8, 4) is 0 Å². The first kappa shape index (κ1) is 14.3. The van der Waals surface area contributed by atoms with E-state index >= 15 is 0 Å². The van der Waals surface area contributed by atoms with Gasteiger partial charge in [0.1, 0.15) is 0 Å². The second kappa shape index (κ2) is 5.87. The van der Waals surface area contributed by atoms with E-state index in [-0.39, 0.29) is 6.42 Å². The third-order valence-corrected chi connectivity index (χ3v) is 4.50. The number of carbonyl (C=O) groups is 1. The van der Waals surface area contributed by atoms with Crippen LogP contribution in [0.15, 0.2) is 23.1 Å². The van der Waals surface area contributed by atoms with Gasteiger partial charge in [0, 0.05) is 23.2 Å². The number of fused-ring (bicyclic) bond motifs is 1. The van der Waals surface area contributed by atoms with Crippen LogP contribution in [0.3, 0.4) is 0 Å². The molecule has 1 aliphatic heterocycles. The topological polar surface area (TPSA) is 40.5 Å². The smallest absolute Gasteiger partial charge is 0.305 e. The number of rotatable bonds is 4. The number of anilines is 1. The fraction of sp³-hybridized carbons (Fsp3) is 0.533. The number of thioether (sulfide) groups is 1. The Kier molecular flexibility index (Phi) is 4.40. The third kappa shape index (κ3) is 3.24. The lowest BCUT2D eigenvalue weighted by molar-refractivity contribution is -0.136. The molecule has 0 radical (unpaired) electrons. The molecule has 3 nitrogen and oxygen atoms in total. The maximum absolute atomic E-state index is 10.8. The fourth-order valence-corrected chi connectivity index (χ4v) is 3.73. The number of benzene rings is 1. The highest BCUT2D eigenvalue weighted by Gasteiger charge is 2.25. The maximum Gasteiger partial charge on any atom is 0.305 e. The van der Waals surface area contributed by atoms with Crippen molar-refractivity contribution in [2.45, 2.75) is 43.3 Å². The summed E-state index contributed by atoms with van der Waals surface area (Å²) in [6.45, 7) is 8.09. The van der Waals surface area contributed by atoms with Crippen molar-refractivity contribution in [2.24, 2.45) is 0 Å². The zero-order chi connectivity index (χ0) is 14.0. The van der Waals surface area contributed by atoms with Crippen LogP contribution in [-0.4, -0.2) is 29.4 Å². The number of para-hydroxylation sites is 1. The summed E-state index contributed by atoms with van der Waals surface area (Å²) in [6, 6.07) is 6.41. The van der Waals surface area contributed by atoms with Crippen molar-refractivity contribution < 1.29 is 9.90 Å². The highest BCUT2D eigenvalue weighted by atomic mass is 32.2. The minimum Gasteiger partial charge on any atom is -0.481 e. The third-order valence-electron chi connectivity index (χ3n) is 3.37. The zero-order valence-electron chi connectivity index (χ0n) is 11.7. The summed E-state index contributed by atoms with van der Waals surface area (Å²) in [6.07, 6.45) is 0.198. The van der Waals surface area contributed by atoms with E-state index in [9.17, 15) is 4.79 Å². The van der Waals surface area contributed by atoms with Crippen LogP contribution in [0.2, 0.25) is 0 Å². The molecule has 2 rings (SSSR count). The van der Waals surface area contributed by atoms with Crippen LogP contribution < -0.4 is 4.90 Å². The van der Waals surface area contributed by atoms with Crippen LogP contribution in [-0.2, 0) is 4.79 Å². The summed E-state index contributed by atoms with van der Waals surface area (Å²) in [5, 5.41) is 9.41. The lowest BCUT2D eigenvalue weighted by Crippen LogP contribution is -2.35. The molecule has 0 amide bonds. The Labute approximate surface area is 119 Å². The molecule has 0 saturated carbocycles. The predicted octanol–water partition coefficient (Wildman–Crippen LogP) is 3.59. The van der Waals surface area contributed by atoms with Crippen LogP contribution in [0.4, 0.5) is 5.69 Å². The van der Waals surface area contributed by atoms with Gasteiger partial charge in [-0.15, -0.1) is 11.8 Å². The van der Waals surface area contributed by atoms with E-state index in [1.165, 1.54) is 16.1 Å². The van der Waals surface area contributed by atoms with Crippen LogP contribution in [0.1, 0.15) is 38.7 Å². The number of carboxylic acids is 1. The van der Waals surface area contributed by atoms with Crippen molar-refractivity contribution in [2.75, 3.05) is 18.0 Å². The van der Waals surface area contributed by atoms with E-state index in [4.69, 9.17) is 5.11 Å². The van der Waals surface area contributed by atoms with Crippen molar-refractivity contribution >= 4 is 23.4 Å². The van der Waals surface area contributed by atoms with Gasteiger partial charge in [-0.25, -0.2) is 0 Å². The van der Waals surface area contributed by atoms with E-state index in [1.54, 1.807) is 0 Å². The molecule has 0 bridgehead atoms. The van der Waals surface area contributed by atoms with E-state index in [1.807, 2.05) is 11.8 Å². The van der Waals surface area contributed by atoms with Crippen molar-refractivity contribution in [3.05, 3.63) is 23.8 Å². The highest BCUT2D eigenvalue weighted by molar-refractivity contribution is 8.00. The summed E-state index contributed by atoms with van der Waals surface area (Å²) in [5.41, 5.74) is 2.57. The molecule has 0 spiro atoms. The number of hydrogen-bond acceptors (Lipinski definition) is 3. The number of carboxylic acid groups (broad SMARTS) is 1. The second-order valence-electron chi connectivity index (χ2n) is 5.37. The molecule has 1 heterocycles. The van der Waals surface area contributed by atoms with Crippen molar-refractivity contribution in [3.63, 3.8) is 0 Å². The van der Waals surface area contributed by atoms with Crippen LogP contribution in [0.25, 0.3) is 0 Å². The summed E-state index contributed by atoms with van der Waals surface area (Å²) in [5.74, 6) is -0.272. The Morgan fingerprint density at radius 2 is 2.26 bits per heavy atom. The van der Waals surface area contributed by atoms with Gasteiger partial charge in [0.25, 0.3) is 0 Å². The van der Waals surface area contributed by atoms with E-state index in [0.717, 1.165) is 6.54 Å². The molecule has 1 aromatic carbocycles. The molecule has 104 valence electrons. The first-order chi connectivity index (χ1) is 8.99. The molecule has 1 unspecified atom stereocenters. The normalized spacial score (nSPS) is 18.5. The van der Waals surface area contributed by atoms with Gasteiger partial charge in [0.15, 0.2) is 0 Å². The Morgan fingerprint density at radius 1 is 1.53 bits per heavy atom. The Balaban J connectivity index is 2.35. The summed E-state index contributed by atoms with van der Waals surface area (Å²) in [7, 11) is 0. The molecule has 0 aromatic heterocycles. The SMILES string of the molecule is CC1CN(CCC(=O)O)c2c(cccc2C(C)C)S1. The van der Waals surface area contributed by atoms with Crippen LogP contribution in [0.5, 0.6) is 0 Å². The molecular formula is C15H21NO2S. The average Bonchev–Trinajstić information content (AvgIpc) is 2.34. The second-order valence-corrected chi connectivity index (χ2v) is 6.85. The quantitative estimate of drug-likeness (QED) is 0.914. The first-order valence-electron chi connectivity index (χ1n) is 6.75. The van der Waals surface area contributed by atoms with E-state index < -0.39 is 5.97 Å². The Morgan fingerprint density at radius 3 is 2.89 bits per heavy atom. The van der Waals surface area contributed by atoms with Gasteiger partial charge in [0.2, 0.25) is 0 Å². The molecule has 1 atom stereocenters. The number of nitrogens with zero attached hydrogens (tertiary/aromatic N) is 1. The Hall–Kier alpha value is -1.16. The van der Waals surface area contributed by atoms with Gasteiger partial charge in [-0.2, -0.15) is 0 Å². The molecule has 19 heavy (non-hydrogen) atoms. The van der Waals surface area contributed by atoms with Crippen LogP contribution >= 0.6 is 11.8 Å². The molecule has 0 aliphatic carbocycles. The van der Waals surface area contributed by atoms with Gasteiger partial charge >= 0.3 is 5.97 Å². The molecule has 1 aliphatic rings. The Bertz CT molecular complexity index is 473. The van der Waals surface area contributed by atoms with Crippen molar-refractivity contribution in [1.29, 1.82) is 0 Å². The van der Waals surface area contributed by atoms with Crippen LogP contribution in [0, 0.1) is 0 Å². The van der Waals surface area contributed by atoms with E-state index in [0.29, 0.717) is 17.7 Å². The van der Waals surface area contributed by atoms with Gasteiger partial charge < -0.3 is 10.0 Å². The number of hydrogen-bond donors (Lipinski definition) is 1. The first-order valence-corrected chi connectivity index (χ1v) is 7.63. The van der Waals surface area contributed by atoms with Gasteiger partial charge in [-0.05, 0) is 17.5 Å². The minimum atomic E-state index is -0.727. The molecule has 0 fully saturated rings. The molecule has 0 saturated heterocycles. The largest absolute Gasteiger partial charge is 0.481 e. The molecular weight excluding hydrogens is 258 g/mol. The monoisotopic (exact) mass is 279 g/mol. The summed E-state index contributed by atoms with van der Waals surface area (Å²) in [4.78, 5) is 14.4. The maximum atomic E-state index is 10.8. The van der Waals surface area contributed by atoms with Gasteiger partial charge in [-0.3, -0.25) is 4.79 Å². The average molecular weight is 279 g/mol. The summed E-state index contributed by atoms with van der Waals surface area (Å²) < 4.78 is 0. The molecule has 1 N–H and O–H groups in total. The van der Waals surface area contributed by atoms with Gasteiger partial charge in [0.05, 0.1) is 12.1 Å². The number of aliphatic carboxylic acids is 1. The van der Waals surface area contributed by atoms with E-state index in [2.05, 4.69) is 43.9 Å². The summed E-state index contributed by atoms with van der Waals surface area (Å²) >= 11 is 1.89. The molecule has 1 aromatic rings. The molecule has 4 heteroatoms. The predicted molar refractivity (Wildman–Crippen MR) is 80.3 cm³/mol. The minimum absolute atomic E-state index is 0.198. The fourth-order valence-electron chi connectivity index (χ4n) is 2.53. The lowest BCUT2D eigenvalue weighted by Gasteiger charge is -2.36.